The third-order valence-electron chi connectivity index (χ3n) is 6.87. The normalized spacial score (nSPS) is 12.9. The highest BCUT2D eigenvalue weighted by atomic mass is 35.5. The van der Waals surface area contributed by atoms with E-state index in [4.69, 9.17) is 33.4 Å². The van der Waals surface area contributed by atoms with Crippen LogP contribution < -0.4 is 5.32 Å². The van der Waals surface area contributed by atoms with Crippen LogP contribution >= 0.6 is 23.2 Å². The van der Waals surface area contributed by atoms with Gasteiger partial charge in [-0.05, 0) is 72.4 Å². The summed E-state index contributed by atoms with van der Waals surface area (Å²) in [5.74, 6) is -1.25. The van der Waals surface area contributed by atoms with Crippen LogP contribution in [-0.4, -0.2) is 33.3 Å². The van der Waals surface area contributed by atoms with Crippen LogP contribution in [0.5, 0.6) is 0 Å². The van der Waals surface area contributed by atoms with Gasteiger partial charge < -0.3 is 10.4 Å². The van der Waals surface area contributed by atoms with Gasteiger partial charge in [-0.25, -0.2) is 0 Å². The second-order valence-electron chi connectivity index (χ2n) is 9.57. The molecule has 0 bridgehead atoms. The Morgan fingerprint density at radius 3 is 2.29 bits per heavy atom. The average Bonchev–Trinajstić information content (AvgIpc) is 3.20. The fourth-order valence-electron chi connectivity index (χ4n) is 5.21. The summed E-state index contributed by atoms with van der Waals surface area (Å²) in [7, 11) is 1.96. The highest BCUT2D eigenvalue weighted by molar-refractivity contribution is 6.31. The summed E-state index contributed by atoms with van der Waals surface area (Å²) < 4.78 is 1.92. The molecule has 8 heteroatoms. The quantitative estimate of drug-likeness (QED) is 0.220. The van der Waals surface area contributed by atoms with Gasteiger partial charge in [-0.3, -0.25) is 14.3 Å². The molecule has 6 nitrogen and oxygen atoms in total. The molecule has 3 aromatic carbocycles. The molecule has 1 aromatic heterocycles. The molecule has 4 aromatic rings. The van der Waals surface area contributed by atoms with Crippen LogP contribution in [0.15, 0.2) is 60.7 Å². The largest absolute Gasteiger partial charge is 0.481 e. The van der Waals surface area contributed by atoms with Gasteiger partial charge in [0.2, 0.25) is 0 Å². The number of hydrogen-bond acceptors (Lipinski definition) is 3. The highest BCUT2D eigenvalue weighted by Gasteiger charge is 2.31. The van der Waals surface area contributed by atoms with Crippen molar-refractivity contribution in [2.75, 3.05) is 6.54 Å². The molecular weight excluding hydrogens is 521 g/mol. The second-order valence-corrected chi connectivity index (χ2v) is 10.4. The summed E-state index contributed by atoms with van der Waals surface area (Å²) in [4.78, 5) is 23.3. The van der Waals surface area contributed by atoms with Crippen LogP contribution in [-0.2, 0) is 11.8 Å². The first-order chi connectivity index (χ1) is 18.2. The summed E-state index contributed by atoms with van der Waals surface area (Å²) >= 11 is 12.8. The fraction of sp³-hybridized carbons (Fsp3) is 0.300. The van der Waals surface area contributed by atoms with Crippen molar-refractivity contribution >= 4 is 46.0 Å². The van der Waals surface area contributed by atoms with E-state index in [1.54, 1.807) is 12.1 Å². The number of carboxylic acid groups (broad SMARTS) is 1. The lowest BCUT2D eigenvalue weighted by Crippen LogP contribution is -2.26. The minimum atomic E-state index is -0.949. The van der Waals surface area contributed by atoms with Crippen molar-refractivity contribution in [3.8, 4) is 0 Å². The lowest BCUT2D eigenvalue weighted by Gasteiger charge is -2.27. The van der Waals surface area contributed by atoms with Gasteiger partial charge in [-0.15, -0.1) is 0 Å². The van der Waals surface area contributed by atoms with Crippen molar-refractivity contribution in [2.24, 2.45) is 7.05 Å². The first-order valence-electron chi connectivity index (χ1n) is 12.7. The van der Waals surface area contributed by atoms with Gasteiger partial charge in [0.15, 0.2) is 0 Å². The molecule has 0 radical (unpaired) electrons. The van der Waals surface area contributed by atoms with E-state index in [0.717, 1.165) is 46.1 Å². The number of amides is 1. The molecular formula is C30H31Cl2N3O3. The monoisotopic (exact) mass is 551 g/mol. The van der Waals surface area contributed by atoms with Gasteiger partial charge in [0.05, 0.1) is 17.6 Å². The molecule has 1 heterocycles. The number of carboxylic acids is 1. The number of hydrogen-bond donors (Lipinski definition) is 2. The fourth-order valence-corrected chi connectivity index (χ4v) is 5.61. The van der Waals surface area contributed by atoms with Crippen LogP contribution in [0.3, 0.4) is 0 Å². The number of aromatic nitrogens is 2. The molecule has 2 atom stereocenters. The molecule has 2 N–H and O–H groups in total. The second kappa shape index (κ2) is 12.0. The number of carbonyl (C=O) groups excluding carboxylic acids is 1. The van der Waals surface area contributed by atoms with E-state index < -0.39 is 5.97 Å². The predicted octanol–water partition coefficient (Wildman–Crippen LogP) is 7.11. The van der Waals surface area contributed by atoms with Gasteiger partial charge >= 0.3 is 5.97 Å². The summed E-state index contributed by atoms with van der Waals surface area (Å²) in [6.45, 7) is 4.29. The van der Waals surface area contributed by atoms with Crippen molar-refractivity contribution in [1.29, 1.82) is 0 Å². The molecule has 0 aliphatic heterocycles. The van der Waals surface area contributed by atoms with E-state index in [9.17, 15) is 9.59 Å². The van der Waals surface area contributed by atoms with Gasteiger partial charge in [0, 0.05) is 40.5 Å². The lowest BCUT2D eigenvalue weighted by atomic mass is 9.76. The van der Waals surface area contributed by atoms with Crippen LogP contribution in [0.4, 0.5) is 0 Å². The lowest BCUT2D eigenvalue weighted by molar-refractivity contribution is -0.136. The van der Waals surface area contributed by atoms with Crippen LogP contribution in [0.25, 0.3) is 10.9 Å². The molecule has 38 heavy (non-hydrogen) atoms. The Kier molecular flexibility index (Phi) is 8.75. The molecule has 4 rings (SSSR count). The number of benzene rings is 3. The number of carbonyl (C=O) groups is 2. The van der Waals surface area contributed by atoms with Crippen molar-refractivity contribution in [3.63, 3.8) is 0 Å². The predicted molar refractivity (Wildman–Crippen MR) is 152 cm³/mol. The first kappa shape index (κ1) is 27.7. The Bertz CT molecular complexity index is 1450. The van der Waals surface area contributed by atoms with E-state index in [-0.39, 0.29) is 30.7 Å². The van der Waals surface area contributed by atoms with Crippen molar-refractivity contribution in [1.82, 2.24) is 15.1 Å². The number of rotatable bonds is 10. The molecule has 0 fully saturated rings. The summed E-state index contributed by atoms with van der Waals surface area (Å²) in [5, 5.41) is 18.9. The zero-order valence-electron chi connectivity index (χ0n) is 21.7. The maximum Gasteiger partial charge on any atom is 0.305 e. The highest BCUT2D eigenvalue weighted by Crippen LogP contribution is 2.44. The molecule has 0 spiro atoms. The third-order valence-corrected chi connectivity index (χ3v) is 7.34. The van der Waals surface area contributed by atoms with Gasteiger partial charge in [0.1, 0.15) is 0 Å². The molecule has 0 saturated carbocycles. The van der Waals surface area contributed by atoms with Crippen LogP contribution in [0.2, 0.25) is 10.0 Å². The number of aryl methyl sites for hydroxylation is 2. The van der Waals surface area contributed by atoms with Crippen molar-refractivity contribution in [3.05, 3.63) is 98.7 Å². The average molecular weight is 553 g/mol. The van der Waals surface area contributed by atoms with E-state index in [0.29, 0.717) is 15.6 Å². The summed E-state index contributed by atoms with van der Waals surface area (Å²) in [6, 6.07) is 19.4. The number of nitrogens with one attached hydrogen (secondary N) is 1. The number of nitrogens with zero attached hydrogens (tertiary/aromatic N) is 2. The molecule has 2 unspecified atom stereocenters. The smallest absolute Gasteiger partial charge is 0.305 e. The van der Waals surface area contributed by atoms with Gasteiger partial charge in [-0.2, -0.15) is 5.10 Å². The van der Waals surface area contributed by atoms with E-state index in [1.807, 2.05) is 55.1 Å². The third kappa shape index (κ3) is 6.03. The standard InChI is InChI=1S/C30H31Cl2N3O3/c1-4-5-24(19-6-8-21(9-7-19)30(38)33-15-14-26(36)37)27(20-10-12-22(31)13-11-20)28-25-17-23(32)16-18(2)29(25)35(3)34-28/h6-13,16-17,24,27H,4-5,14-15H2,1-3H3,(H,33,38)(H,36,37). The zero-order chi connectivity index (χ0) is 27.4. The Labute approximate surface area is 232 Å². The number of fused-ring (bicyclic) bond motifs is 1. The van der Waals surface area contributed by atoms with Gasteiger partial charge in [-0.1, -0.05) is 60.8 Å². The summed E-state index contributed by atoms with van der Waals surface area (Å²) in [6.07, 6.45) is 1.73. The van der Waals surface area contributed by atoms with E-state index in [2.05, 4.69) is 24.4 Å². The van der Waals surface area contributed by atoms with Crippen molar-refractivity contribution in [2.45, 2.75) is 44.9 Å². The molecule has 0 aliphatic rings. The molecule has 198 valence electrons. The molecule has 1 amide bonds. The maximum absolute atomic E-state index is 12.5. The van der Waals surface area contributed by atoms with Crippen molar-refractivity contribution < 1.29 is 14.7 Å². The first-order valence-corrected chi connectivity index (χ1v) is 13.4. The SMILES string of the molecule is CCCC(c1ccc(C(=O)NCCC(=O)O)cc1)C(c1ccc(Cl)cc1)c1nn(C)c2c(C)cc(Cl)cc12. The topological polar surface area (TPSA) is 84.2 Å². The number of aliphatic carboxylic acids is 1. The Morgan fingerprint density at radius 2 is 1.66 bits per heavy atom. The maximum atomic E-state index is 12.5. The number of halogens is 2. The molecule has 0 saturated heterocycles. The molecule has 0 aliphatic carbocycles. The zero-order valence-corrected chi connectivity index (χ0v) is 23.2. The Morgan fingerprint density at radius 1 is 1.00 bits per heavy atom. The minimum Gasteiger partial charge on any atom is -0.481 e. The Hall–Kier alpha value is -3.35. The van der Waals surface area contributed by atoms with E-state index in [1.165, 1.54) is 0 Å². The summed E-state index contributed by atoms with van der Waals surface area (Å²) in [5.41, 5.74) is 5.74. The van der Waals surface area contributed by atoms with Crippen LogP contribution in [0.1, 0.15) is 70.8 Å². The Balaban J connectivity index is 1.79. The van der Waals surface area contributed by atoms with Gasteiger partial charge in [0.25, 0.3) is 5.91 Å². The van der Waals surface area contributed by atoms with E-state index >= 15 is 0 Å². The van der Waals surface area contributed by atoms with Crippen LogP contribution in [0, 0.1) is 6.92 Å². The minimum absolute atomic E-state index is 0.0719.